The van der Waals surface area contributed by atoms with Crippen molar-refractivity contribution in [2.45, 2.75) is 26.7 Å². The Morgan fingerprint density at radius 2 is 1.94 bits per heavy atom. The van der Waals surface area contributed by atoms with Crippen LogP contribution in [0.15, 0.2) is 24.3 Å². The fourth-order valence-corrected chi connectivity index (χ4v) is 1.56. The van der Waals surface area contributed by atoms with Gasteiger partial charge in [-0.1, -0.05) is 26.0 Å². The Balaban J connectivity index is 2.50. The molecule has 0 aliphatic heterocycles. The molecule has 1 aromatic carbocycles. The molecule has 0 N–H and O–H groups in total. The van der Waals surface area contributed by atoms with E-state index in [9.17, 15) is 0 Å². The van der Waals surface area contributed by atoms with Crippen molar-refractivity contribution < 1.29 is 4.74 Å². The van der Waals surface area contributed by atoms with E-state index in [0.29, 0.717) is 12.5 Å². The summed E-state index contributed by atoms with van der Waals surface area (Å²) in [6.45, 7) is 4.84. The van der Waals surface area contributed by atoms with E-state index in [1.54, 1.807) is 0 Å². The van der Waals surface area contributed by atoms with Crippen LogP contribution in [0.5, 0.6) is 5.88 Å². The first-order chi connectivity index (χ1) is 7.85. The molecule has 1 aromatic heterocycles. The number of benzene rings is 1. The van der Waals surface area contributed by atoms with Crippen molar-refractivity contribution in [3.63, 3.8) is 0 Å². The zero-order chi connectivity index (χ0) is 11.4. The Labute approximate surface area is 95.5 Å². The maximum Gasteiger partial charge on any atom is 0.224 e. The monoisotopic (exact) mass is 216 g/mol. The van der Waals surface area contributed by atoms with E-state index >= 15 is 0 Å². The third kappa shape index (κ3) is 2.13. The van der Waals surface area contributed by atoms with Gasteiger partial charge in [-0.15, -0.1) is 0 Å². The summed E-state index contributed by atoms with van der Waals surface area (Å²) in [5.74, 6) is 1.55. The summed E-state index contributed by atoms with van der Waals surface area (Å²) >= 11 is 0. The van der Waals surface area contributed by atoms with Crippen LogP contribution in [0.3, 0.4) is 0 Å². The molecule has 1 heterocycles. The van der Waals surface area contributed by atoms with Crippen LogP contribution in [0.4, 0.5) is 0 Å². The maximum atomic E-state index is 5.66. The SMILES string of the molecule is CCCOc1nc(CC)nc2ccccc12. The molecule has 0 fully saturated rings. The molecule has 0 radical (unpaired) electrons. The number of rotatable bonds is 4. The van der Waals surface area contributed by atoms with Crippen molar-refractivity contribution >= 4 is 10.9 Å². The highest BCUT2D eigenvalue weighted by molar-refractivity contribution is 5.83. The maximum absolute atomic E-state index is 5.66. The zero-order valence-corrected chi connectivity index (χ0v) is 9.73. The molecule has 3 nitrogen and oxygen atoms in total. The van der Waals surface area contributed by atoms with E-state index in [2.05, 4.69) is 16.9 Å². The average Bonchev–Trinajstić information content (AvgIpc) is 2.35. The molecule has 0 bridgehead atoms. The van der Waals surface area contributed by atoms with Crippen LogP contribution < -0.4 is 4.74 Å². The van der Waals surface area contributed by atoms with Crippen molar-refractivity contribution in [1.82, 2.24) is 9.97 Å². The first-order valence-electron chi connectivity index (χ1n) is 5.73. The topological polar surface area (TPSA) is 35.0 Å². The number of hydrogen-bond donors (Lipinski definition) is 0. The fraction of sp³-hybridized carbons (Fsp3) is 0.385. The van der Waals surface area contributed by atoms with Crippen LogP contribution in [0.1, 0.15) is 26.1 Å². The molecular weight excluding hydrogens is 200 g/mol. The summed E-state index contributed by atoms with van der Waals surface area (Å²) in [5, 5.41) is 0.994. The van der Waals surface area contributed by atoms with Crippen LogP contribution in [0, 0.1) is 0 Å². The highest BCUT2D eigenvalue weighted by Crippen LogP contribution is 2.22. The number of ether oxygens (including phenoxy) is 1. The van der Waals surface area contributed by atoms with Crippen molar-refractivity contribution in [3.05, 3.63) is 30.1 Å². The lowest BCUT2D eigenvalue weighted by molar-refractivity contribution is 0.308. The number of fused-ring (bicyclic) bond motifs is 1. The highest BCUT2D eigenvalue weighted by atomic mass is 16.5. The van der Waals surface area contributed by atoms with Gasteiger partial charge in [-0.2, -0.15) is 4.98 Å². The third-order valence-corrected chi connectivity index (χ3v) is 2.37. The van der Waals surface area contributed by atoms with E-state index < -0.39 is 0 Å². The van der Waals surface area contributed by atoms with Gasteiger partial charge in [-0.25, -0.2) is 4.98 Å². The summed E-state index contributed by atoms with van der Waals surface area (Å²) in [4.78, 5) is 8.89. The molecule has 0 amide bonds. The van der Waals surface area contributed by atoms with Crippen molar-refractivity contribution in [3.8, 4) is 5.88 Å². The number of hydrogen-bond acceptors (Lipinski definition) is 3. The van der Waals surface area contributed by atoms with Crippen LogP contribution in [-0.2, 0) is 6.42 Å². The van der Waals surface area contributed by atoms with Gasteiger partial charge < -0.3 is 4.74 Å². The summed E-state index contributed by atoms with van der Waals surface area (Å²) in [5.41, 5.74) is 0.959. The number of nitrogens with zero attached hydrogens (tertiary/aromatic N) is 2. The quantitative estimate of drug-likeness (QED) is 0.788. The van der Waals surface area contributed by atoms with Crippen LogP contribution in [0.25, 0.3) is 10.9 Å². The fourth-order valence-electron chi connectivity index (χ4n) is 1.56. The number of aryl methyl sites for hydroxylation is 1. The summed E-state index contributed by atoms with van der Waals surface area (Å²) in [6, 6.07) is 7.96. The smallest absolute Gasteiger partial charge is 0.224 e. The van der Waals surface area contributed by atoms with Crippen molar-refractivity contribution in [2.24, 2.45) is 0 Å². The lowest BCUT2D eigenvalue weighted by atomic mass is 10.2. The minimum absolute atomic E-state index is 0.699. The Hall–Kier alpha value is -1.64. The van der Waals surface area contributed by atoms with E-state index in [4.69, 9.17) is 4.74 Å². The second kappa shape index (κ2) is 4.92. The van der Waals surface area contributed by atoms with Gasteiger partial charge in [0.15, 0.2) is 0 Å². The van der Waals surface area contributed by atoms with Crippen LogP contribution >= 0.6 is 0 Å². The minimum Gasteiger partial charge on any atom is -0.477 e. The van der Waals surface area contributed by atoms with Gasteiger partial charge in [0.25, 0.3) is 0 Å². The van der Waals surface area contributed by atoms with Gasteiger partial charge in [0.2, 0.25) is 5.88 Å². The molecule has 0 aliphatic carbocycles. The molecular formula is C13H16N2O. The first kappa shape index (κ1) is 10.9. The van der Waals surface area contributed by atoms with E-state index in [0.717, 1.165) is 29.6 Å². The largest absolute Gasteiger partial charge is 0.477 e. The Kier molecular flexibility index (Phi) is 3.34. The Morgan fingerprint density at radius 3 is 2.69 bits per heavy atom. The average molecular weight is 216 g/mol. The normalized spacial score (nSPS) is 10.6. The lowest BCUT2D eigenvalue weighted by Crippen LogP contribution is -2.02. The van der Waals surface area contributed by atoms with Gasteiger partial charge in [0.05, 0.1) is 17.5 Å². The molecule has 84 valence electrons. The van der Waals surface area contributed by atoms with E-state index in [-0.39, 0.29) is 0 Å². The molecule has 0 aliphatic rings. The Morgan fingerprint density at radius 1 is 1.12 bits per heavy atom. The van der Waals surface area contributed by atoms with Crippen molar-refractivity contribution in [1.29, 1.82) is 0 Å². The lowest BCUT2D eigenvalue weighted by Gasteiger charge is -2.08. The molecule has 0 atom stereocenters. The predicted molar refractivity (Wildman–Crippen MR) is 64.7 cm³/mol. The third-order valence-electron chi connectivity index (χ3n) is 2.37. The summed E-state index contributed by atoms with van der Waals surface area (Å²) < 4.78 is 5.66. The van der Waals surface area contributed by atoms with Gasteiger partial charge >= 0.3 is 0 Å². The molecule has 0 saturated heterocycles. The molecule has 16 heavy (non-hydrogen) atoms. The number of para-hydroxylation sites is 1. The van der Waals surface area contributed by atoms with E-state index in [1.807, 2.05) is 31.2 Å². The van der Waals surface area contributed by atoms with E-state index in [1.165, 1.54) is 0 Å². The second-order valence-electron chi connectivity index (χ2n) is 3.66. The van der Waals surface area contributed by atoms with Gasteiger partial charge in [0, 0.05) is 6.42 Å². The molecule has 2 rings (SSSR count). The van der Waals surface area contributed by atoms with Crippen LogP contribution in [-0.4, -0.2) is 16.6 Å². The zero-order valence-electron chi connectivity index (χ0n) is 9.73. The summed E-state index contributed by atoms with van der Waals surface area (Å²) in [6.07, 6.45) is 1.81. The van der Waals surface area contributed by atoms with Gasteiger partial charge in [-0.05, 0) is 18.6 Å². The summed E-state index contributed by atoms with van der Waals surface area (Å²) in [7, 11) is 0. The molecule has 2 aromatic rings. The standard InChI is InChI=1S/C13H16N2O/c1-3-9-16-13-10-7-5-6-8-11(10)14-12(4-2)15-13/h5-8H,3-4,9H2,1-2H3. The van der Waals surface area contributed by atoms with Crippen LogP contribution in [0.2, 0.25) is 0 Å². The van der Waals surface area contributed by atoms with Gasteiger partial charge in [0.1, 0.15) is 5.82 Å². The Bertz CT molecular complexity index is 482. The number of aromatic nitrogens is 2. The van der Waals surface area contributed by atoms with Crippen molar-refractivity contribution in [2.75, 3.05) is 6.61 Å². The highest BCUT2D eigenvalue weighted by Gasteiger charge is 2.06. The molecule has 3 heteroatoms. The van der Waals surface area contributed by atoms with Gasteiger partial charge in [-0.3, -0.25) is 0 Å². The molecule has 0 spiro atoms. The second-order valence-corrected chi connectivity index (χ2v) is 3.66. The minimum atomic E-state index is 0.699. The predicted octanol–water partition coefficient (Wildman–Crippen LogP) is 2.98. The molecule has 0 unspecified atom stereocenters. The first-order valence-corrected chi connectivity index (χ1v) is 5.73. The molecule has 0 saturated carbocycles.